The van der Waals surface area contributed by atoms with Crippen molar-refractivity contribution >= 4 is 12.4 Å². The summed E-state index contributed by atoms with van der Waals surface area (Å²) in [6.45, 7) is 6.60. The van der Waals surface area contributed by atoms with Crippen molar-refractivity contribution in [1.29, 1.82) is 0 Å². The molecule has 144 valence electrons. The Bertz CT molecular complexity index is 737. The summed E-state index contributed by atoms with van der Waals surface area (Å²) in [4.78, 5) is 24.7. The van der Waals surface area contributed by atoms with Crippen LogP contribution in [0.2, 0.25) is 0 Å². The first-order chi connectivity index (χ1) is 12.9. The fourth-order valence-corrected chi connectivity index (χ4v) is 2.46. The zero-order valence-corrected chi connectivity index (χ0v) is 16.2. The van der Waals surface area contributed by atoms with E-state index in [0.29, 0.717) is 19.7 Å². The second kappa shape index (κ2) is 9.76. The van der Waals surface area contributed by atoms with E-state index in [-0.39, 0.29) is 6.42 Å². The predicted molar refractivity (Wildman–Crippen MR) is 105 cm³/mol. The van der Waals surface area contributed by atoms with E-state index in [2.05, 4.69) is 0 Å². The van der Waals surface area contributed by atoms with Gasteiger partial charge in [-0.05, 0) is 44.0 Å². The molecule has 0 aliphatic carbocycles. The molecular formula is C22H27NO4. The molecule has 2 rings (SSSR count). The van der Waals surface area contributed by atoms with E-state index in [0.717, 1.165) is 23.2 Å². The van der Waals surface area contributed by atoms with Crippen molar-refractivity contribution in [1.82, 2.24) is 4.90 Å². The van der Waals surface area contributed by atoms with Gasteiger partial charge in [-0.3, -0.25) is 0 Å². The van der Waals surface area contributed by atoms with Gasteiger partial charge >= 0.3 is 6.09 Å². The van der Waals surface area contributed by atoms with Crippen molar-refractivity contribution in [3.8, 4) is 5.75 Å². The zero-order chi connectivity index (χ0) is 19.7. The van der Waals surface area contributed by atoms with E-state index in [1.807, 2.05) is 75.4 Å². The Kier molecular flexibility index (Phi) is 7.41. The normalized spacial score (nSPS) is 10.9. The fraction of sp³-hybridized carbons (Fsp3) is 0.364. The second-order valence-electron chi connectivity index (χ2n) is 7.28. The van der Waals surface area contributed by atoms with Gasteiger partial charge in [-0.1, -0.05) is 42.5 Å². The lowest BCUT2D eigenvalue weighted by Gasteiger charge is -2.27. The summed E-state index contributed by atoms with van der Waals surface area (Å²) in [6, 6.07) is 17.5. The number of aldehydes is 1. The smallest absolute Gasteiger partial charge is 0.410 e. The number of carbonyl (C=O) groups excluding carboxylic acids is 2. The van der Waals surface area contributed by atoms with E-state index >= 15 is 0 Å². The summed E-state index contributed by atoms with van der Waals surface area (Å²) in [5.41, 5.74) is 1.42. The van der Waals surface area contributed by atoms with Crippen molar-refractivity contribution in [2.45, 2.75) is 45.9 Å². The van der Waals surface area contributed by atoms with E-state index < -0.39 is 11.7 Å². The predicted octanol–water partition coefficient (Wildman–Crippen LogP) is 4.59. The maximum absolute atomic E-state index is 12.4. The lowest BCUT2D eigenvalue weighted by molar-refractivity contribution is -0.108. The third-order valence-electron chi connectivity index (χ3n) is 3.69. The van der Waals surface area contributed by atoms with Crippen molar-refractivity contribution in [3.63, 3.8) is 0 Å². The molecule has 2 aromatic rings. The van der Waals surface area contributed by atoms with Crippen molar-refractivity contribution in [3.05, 3.63) is 65.7 Å². The molecule has 0 fully saturated rings. The monoisotopic (exact) mass is 369 g/mol. The Balaban J connectivity index is 2.03. The molecular weight excluding hydrogens is 342 g/mol. The lowest BCUT2D eigenvalue weighted by Crippen LogP contribution is -2.37. The highest BCUT2D eigenvalue weighted by Crippen LogP contribution is 2.18. The van der Waals surface area contributed by atoms with Crippen LogP contribution in [0.25, 0.3) is 0 Å². The molecule has 5 nitrogen and oxygen atoms in total. The molecule has 0 saturated heterocycles. The Morgan fingerprint density at radius 2 is 1.74 bits per heavy atom. The molecule has 0 radical (unpaired) electrons. The number of hydrogen-bond acceptors (Lipinski definition) is 4. The molecule has 0 aliphatic rings. The average Bonchev–Trinajstić information content (AvgIpc) is 2.63. The van der Waals surface area contributed by atoms with Crippen LogP contribution < -0.4 is 4.74 Å². The van der Waals surface area contributed by atoms with E-state index in [1.54, 1.807) is 0 Å². The number of ether oxygens (including phenoxy) is 2. The van der Waals surface area contributed by atoms with Gasteiger partial charge < -0.3 is 19.2 Å². The third kappa shape index (κ3) is 7.52. The summed E-state index contributed by atoms with van der Waals surface area (Å²) in [7, 11) is 0. The molecule has 0 spiro atoms. The van der Waals surface area contributed by atoms with Gasteiger partial charge in [0.05, 0.1) is 0 Å². The summed E-state index contributed by atoms with van der Waals surface area (Å²) in [5.74, 6) is 0.732. The SMILES string of the molecule is CC(C)(C)OC(=O)N(CCC=O)Cc1cccc(OCc2ccccc2)c1. The van der Waals surface area contributed by atoms with Gasteiger partial charge in [0.15, 0.2) is 0 Å². The molecule has 27 heavy (non-hydrogen) atoms. The minimum absolute atomic E-state index is 0.267. The van der Waals surface area contributed by atoms with E-state index in [4.69, 9.17) is 9.47 Å². The lowest BCUT2D eigenvalue weighted by atomic mass is 10.2. The molecule has 5 heteroatoms. The summed E-state index contributed by atoms with van der Waals surface area (Å²) >= 11 is 0. The number of amides is 1. The second-order valence-corrected chi connectivity index (χ2v) is 7.28. The standard InChI is InChI=1S/C22H27NO4/c1-22(2,3)27-21(25)23(13-8-14-24)16-19-11-7-12-20(15-19)26-17-18-9-5-4-6-10-18/h4-7,9-12,14-15H,8,13,16-17H2,1-3H3. The molecule has 0 heterocycles. The first kappa shape index (κ1) is 20.5. The first-order valence-electron chi connectivity index (χ1n) is 9.04. The molecule has 1 amide bonds. The van der Waals surface area contributed by atoms with Crippen LogP contribution in [0.4, 0.5) is 4.79 Å². The highest BCUT2D eigenvalue weighted by Gasteiger charge is 2.22. The van der Waals surface area contributed by atoms with Gasteiger partial charge in [0.1, 0.15) is 24.2 Å². The van der Waals surface area contributed by atoms with Crippen LogP contribution in [-0.4, -0.2) is 29.4 Å². The number of benzene rings is 2. The van der Waals surface area contributed by atoms with Crippen molar-refractivity contribution in [2.75, 3.05) is 6.54 Å². The van der Waals surface area contributed by atoms with Gasteiger partial charge in [-0.15, -0.1) is 0 Å². The largest absolute Gasteiger partial charge is 0.489 e. The summed E-state index contributed by atoms with van der Waals surface area (Å²) in [6.07, 6.45) is 0.639. The van der Waals surface area contributed by atoms with Crippen LogP contribution in [0, 0.1) is 0 Å². The van der Waals surface area contributed by atoms with Crippen LogP contribution in [0.1, 0.15) is 38.3 Å². The molecule has 0 bridgehead atoms. The number of hydrogen-bond donors (Lipinski definition) is 0. The maximum atomic E-state index is 12.4. The molecule has 0 aromatic heterocycles. The maximum Gasteiger partial charge on any atom is 0.410 e. The molecule has 0 aliphatic heterocycles. The Morgan fingerprint density at radius 1 is 1.04 bits per heavy atom. The van der Waals surface area contributed by atoms with Crippen LogP contribution in [0.15, 0.2) is 54.6 Å². The van der Waals surface area contributed by atoms with Crippen molar-refractivity contribution < 1.29 is 19.1 Å². The number of nitrogens with zero attached hydrogens (tertiary/aromatic N) is 1. The molecule has 0 unspecified atom stereocenters. The van der Waals surface area contributed by atoms with Crippen LogP contribution in [0.3, 0.4) is 0 Å². The Hall–Kier alpha value is -2.82. The minimum atomic E-state index is -0.586. The van der Waals surface area contributed by atoms with Crippen LogP contribution in [-0.2, 0) is 22.7 Å². The topological polar surface area (TPSA) is 55.8 Å². The molecule has 2 aromatic carbocycles. The summed E-state index contributed by atoms with van der Waals surface area (Å²) in [5, 5.41) is 0. The zero-order valence-electron chi connectivity index (χ0n) is 16.2. The highest BCUT2D eigenvalue weighted by atomic mass is 16.6. The first-order valence-corrected chi connectivity index (χ1v) is 9.04. The fourth-order valence-electron chi connectivity index (χ4n) is 2.46. The van der Waals surface area contributed by atoms with Crippen molar-refractivity contribution in [2.24, 2.45) is 0 Å². The third-order valence-corrected chi connectivity index (χ3v) is 3.69. The van der Waals surface area contributed by atoms with Crippen LogP contribution in [0.5, 0.6) is 5.75 Å². The van der Waals surface area contributed by atoms with E-state index in [9.17, 15) is 9.59 Å². The molecule has 0 N–H and O–H groups in total. The average molecular weight is 369 g/mol. The van der Waals surface area contributed by atoms with Gasteiger partial charge in [-0.25, -0.2) is 4.79 Å². The Labute approximate surface area is 160 Å². The Morgan fingerprint density at radius 3 is 2.41 bits per heavy atom. The highest BCUT2D eigenvalue weighted by molar-refractivity contribution is 5.68. The quantitative estimate of drug-likeness (QED) is 0.639. The van der Waals surface area contributed by atoms with Gasteiger partial charge in [0.25, 0.3) is 0 Å². The van der Waals surface area contributed by atoms with Crippen LogP contribution >= 0.6 is 0 Å². The molecule has 0 atom stereocenters. The minimum Gasteiger partial charge on any atom is -0.489 e. The van der Waals surface area contributed by atoms with E-state index in [1.165, 1.54) is 4.90 Å². The number of carbonyl (C=O) groups is 2. The van der Waals surface area contributed by atoms with Gasteiger partial charge in [-0.2, -0.15) is 0 Å². The van der Waals surface area contributed by atoms with Gasteiger partial charge in [0, 0.05) is 19.5 Å². The summed E-state index contributed by atoms with van der Waals surface area (Å²) < 4.78 is 11.3. The van der Waals surface area contributed by atoms with Gasteiger partial charge in [0.2, 0.25) is 0 Å². The number of rotatable bonds is 8. The molecule has 0 saturated carbocycles.